The van der Waals surface area contributed by atoms with Gasteiger partial charge in [-0.1, -0.05) is 0 Å². The summed E-state index contributed by atoms with van der Waals surface area (Å²) in [5.41, 5.74) is 5.11. The second-order valence-corrected chi connectivity index (χ2v) is 5.84. The van der Waals surface area contributed by atoms with E-state index in [4.69, 9.17) is 11.1 Å². The average Bonchev–Trinajstić information content (AvgIpc) is 2.13. The van der Waals surface area contributed by atoms with Gasteiger partial charge in [0.2, 0.25) is 10.0 Å². The van der Waals surface area contributed by atoms with Gasteiger partial charge in [0.15, 0.2) is 0 Å². The highest BCUT2D eigenvalue weighted by molar-refractivity contribution is 7.89. The first-order valence-electron chi connectivity index (χ1n) is 5.49. The van der Waals surface area contributed by atoms with Crippen molar-refractivity contribution in [2.45, 2.75) is 38.3 Å². The van der Waals surface area contributed by atoms with Crippen molar-refractivity contribution in [3.63, 3.8) is 0 Å². The normalized spacial score (nSPS) is 12.6. The highest BCUT2D eigenvalue weighted by Gasteiger charge is 2.27. The Labute approximate surface area is 104 Å². The maximum absolute atomic E-state index is 11.8. The number of hydrogen-bond donors (Lipinski definition) is 3. The Morgan fingerprint density at radius 2 is 1.83 bits per heavy atom. The van der Waals surface area contributed by atoms with Crippen molar-refractivity contribution in [2.75, 3.05) is 12.3 Å². The van der Waals surface area contributed by atoms with Crippen LogP contribution in [-0.4, -0.2) is 32.7 Å². The molecule has 0 aromatic carbocycles. The zero-order chi connectivity index (χ0) is 14.2. The molecule has 0 aromatic heterocycles. The molecule has 0 radical (unpaired) electrons. The van der Waals surface area contributed by atoms with E-state index < -0.39 is 34.8 Å². The quantitative estimate of drug-likeness (QED) is 0.339. The molecule has 0 rings (SSSR count). The Morgan fingerprint density at radius 3 is 2.33 bits per heavy atom. The van der Waals surface area contributed by atoms with E-state index in [1.165, 1.54) is 0 Å². The van der Waals surface area contributed by atoms with Crippen LogP contribution in [0.1, 0.15) is 32.1 Å². The van der Waals surface area contributed by atoms with Gasteiger partial charge >= 0.3 is 6.18 Å². The van der Waals surface area contributed by atoms with Gasteiger partial charge in [-0.25, -0.2) is 13.1 Å². The molecule has 0 atom stereocenters. The fraction of sp³-hybridized carbons (Fsp3) is 0.889. The summed E-state index contributed by atoms with van der Waals surface area (Å²) in [6.45, 7) is 0.154. The molecule has 0 aliphatic rings. The van der Waals surface area contributed by atoms with Crippen molar-refractivity contribution in [3.8, 4) is 0 Å². The Morgan fingerprint density at radius 1 is 1.22 bits per heavy atom. The van der Waals surface area contributed by atoms with E-state index in [0.29, 0.717) is 19.3 Å². The van der Waals surface area contributed by atoms with Crippen LogP contribution < -0.4 is 10.5 Å². The summed E-state index contributed by atoms with van der Waals surface area (Å²) < 4.78 is 60.2. The number of nitrogens with two attached hydrogens (primary N) is 1. The lowest BCUT2D eigenvalue weighted by atomic mass is 10.2. The van der Waals surface area contributed by atoms with Gasteiger partial charge in [0.1, 0.15) is 0 Å². The third-order valence-corrected chi connectivity index (χ3v) is 3.54. The van der Waals surface area contributed by atoms with E-state index in [2.05, 4.69) is 4.72 Å². The molecule has 18 heavy (non-hydrogen) atoms. The Bertz CT molecular complexity index is 355. The lowest BCUT2D eigenvalue weighted by molar-refractivity contribution is -0.134. The minimum Gasteiger partial charge on any atom is -0.388 e. The number of hydrogen-bond acceptors (Lipinski definition) is 3. The van der Waals surface area contributed by atoms with E-state index in [9.17, 15) is 21.6 Å². The third kappa shape index (κ3) is 11.6. The van der Waals surface area contributed by atoms with Crippen molar-refractivity contribution in [1.82, 2.24) is 4.72 Å². The summed E-state index contributed by atoms with van der Waals surface area (Å²) in [5.74, 6) is -0.498. The predicted octanol–water partition coefficient (Wildman–Crippen LogP) is 1.35. The van der Waals surface area contributed by atoms with Crippen LogP contribution in [0, 0.1) is 5.41 Å². The third-order valence-electron chi connectivity index (χ3n) is 2.07. The van der Waals surface area contributed by atoms with Gasteiger partial charge in [-0.15, -0.1) is 0 Å². The molecule has 0 spiro atoms. The summed E-state index contributed by atoms with van der Waals surface area (Å²) in [6, 6.07) is 0. The number of alkyl halides is 3. The van der Waals surface area contributed by atoms with Crippen LogP contribution in [0.25, 0.3) is 0 Å². The molecule has 0 aromatic rings. The zero-order valence-electron chi connectivity index (χ0n) is 9.89. The average molecular weight is 289 g/mol. The largest absolute Gasteiger partial charge is 0.389 e. The molecule has 0 fully saturated rings. The first kappa shape index (κ1) is 17.2. The molecule has 0 aliphatic heterocycles. The molecule has 108 valence electrons. The van der Waals surface area contributed by atoms with E-state index in [1.807, 2.05) is 0 Å². The molecule has 0 aliphatic carbocycles. The van der Waals surface area contributed by atoms with Gasteiger partial charge in [0, 0.05) is 19.4 Å². The number of unbranched alkanes of at least 4 members (excludes halogenated alkanes) is 1. The van der Waals surface area contributed by atoms with Crippen molar-refractivity contribution < 1.29 is 21.6 Å². The van der Waals surface area contributed by atoms with Gasteiger partial charge in [-0.3, -0.25) is 5.41 Å². The van der Waals surface area contributed by atoms with Gasteiger partial charge in [0.05, 0.1) is 11.6 Å². The molecule has 0 saturated heterocycles. The van der Waals surface area contributed by atoms with E-state index in [-0.39, 0.29) is 12.4 Å². The minimum absolute atomic E-state index is 0.0306. The fourth-order valence-electron chi connectivity index (χ4n) is 1.20. The fourth-order valence-corrected chi connectivity index (χ4v) is 2.33. The van der Waals surface area contributed by atoms with Gasteiger partial charge in [-0.05, 0) is 19.3 Å². The molecule has 0 bridgehead atoms. The summed E-state index contributed by atoms with van der Waals surface area (Å²) in [4.78, 5) is 0. The van der Waals surface area contributed by atoms with Gasteiger partial charge in [0.25, 0.3) is 0 Å². The standard InChI is InChI=1S/C9H18F3N3O2S/c10-9(11,12)5-3-7-18(16,17)15-6-2-1-4-8(13)14/h15H,1-7H2,(H3,13,14). The van der Waals surface area contributed by atoms with Crippen LogP contribution in [0.4, 0.5) is 13.2 Å². The first-order valence-corrected chi connectivity index (χ1v) is 7.14. The summed E-state index contributed by atoms with van der Waals surface area (Å²) in [6.07, 6.45) is -4.41. The molecule has 0 saturated carbocycles. The number of nitrogens with one attached hydrogen (secondary N) is 2. The predicted molar refractivity (Wildman–Crippen MR) is 62.8 cm³/mol. The Kier molecular flexibility index (Phi) is 7.22. The van der Waals surface area contributed by atoms with Gasteiger partial charge < -0.3 is 5.73 Å². The first-order chi connectivity index (χ1) is 8.12. The minimum atomic E-state index is -4.32. The van der Waals surface area contributed by atoms with Crippen LogP contribution in [0.5, 0.6) is 0 Å². The molecule has 0 heterocycles. The van der Waals surface area contributed by atoms with Crippen molar-refractivity contribution in [3.05, 3.63) is 0 Å². The molecular weight excluding hydrogens is 271 g/mol. The molecule has 9 heteroatoms. The highest BCUT2D eigenvalue weighted by Crippen LogP contribution is 2.21. The monoisotopic (exact) mass is 289 g/mol. The van der Waals surface area contributed by atoms with E-state index >= 15 is 0 Å². The van der Waals surface area contributed by atoms with Crippen LogP contribution in [0.3, 0.4) is 0 Å². The number of rotatable bonds is 9. The van der Waals surface area contributed by atoms with Crippen molar-refractivity contribution >= 4 is 15.9 Å². The lowest BCUT2D eigenvalue weighted by Gasteiger charge is -2.08. The highest BCUT2D eigenvalue weighted by atomic mass is 32.2. The summed E-state index contributed by atoms with van der Waals surface area (Å²) in [7, 11) is -3.64. The molecule has 0 unspecified atom stereocenters. The van der Waals surface area contributed by atoms with Crippen molar-refractivity contribution in [2.24, 2.45) is 5.73 Å². The molecule has 0 amide bonds. The van der Waals surface area contributed by atoms with Crippen LogP contribution >= 0.6 is 0 Å². The topological polar surface area (TPSA) is 96.0 Å². The van der Waals surface area contributed by atoms with Crippen molar-refractivity contribution in [1.29, 1.82) is 5.41 Å². The van der Waals surface area contributed by atoms with Gasteiger partial charge in [-0.2, -0.15) is 13.2 Å². The van der Waals surface area contributed by atoms with Crippen LogP contribution in [-0.2, 0) is 10.0 Å². The summed E-state index contributed by atoms with van der Waals surface area (Å²) >= 11 is 0. The van der Waals surface area contributed by atoms with E-state index in [1.54, 1.807) is 0 Å². The Hall–Kier alpha value is -0.830. The summed E-state index contributed by atoms with van der Waals surface area (Å²) in [5, 5.41) is 6.93. The second-order valence-electron chi connectivity index (χ2n) is 3.91. The van der Waals surface area contributed by atoms with Crippen LogP contribution in [0.15, 0.2) is 0 Å². The molecule has 5 nitrogen and oxygen atoms in total. The maximum Gasteiger partial charge on any atom is 0.389 e. The zero-order valence-corrected chi connectivity index (χ0v) is 10.7. The number of amidine groups is 1. The van der Waals surface area contributed by atoms with Crippen LogP contribution in [0.2, 0.25) is 0 Å². The maximum atomic E-state index is 11.8. The van der Waals surface area contributed by atoms with E-state index in [0.717, 1.165) is 0 Å². The second kappa shape index (κ2) is 7.57. The molecule has 4 N–H and O–H groups in total. The number of halogens is 3. The number of sulfonamides is 1. The SMILES string of the molecule is N=C(N)CCCCNS(=O)(=O)CCCC(F)(F)F. The Balaban J connectivity index is 3.71. The smallest absolute Gasteiger partial charge is 0.388 e. The molecular formula is C9H18F3N3O2S. The lowest BCUT2D eigenvalue weighted by Crippen LogP contribution is -2.28.